The summed E-state index contributed by atoms with van der Waals surface area (Å²) in [6.07, 6.45) is 3.46. The van der Waals surface area contributed by atoms with Gasteiger partial charge in [0, 0.05) is 5.56 Å². The second-order valence-electron chi connectivity index (χ2n) is 6.80. The Bertz CT molecular complexity index is 798. The van der Waals surface area contributed by atoms with Crippen LogP contribution in [0.2, 0.25) is 0 Å². The van der Waals surface area contributed by atoms with E-state index in [2.05, 4.69) is 0 Å². The van der Waals surface area contributed by atoms with E-state index in [0.29, 0.717) is 11.3 Å². The Morgan fingerprint density at radius 1 is 1.17 bits per heavy atom. The van der Waals surface area contributed by atoms with Crippen molar-refractivity contribution < 1.29 is 24.2 Å². The molecule has 1 N–H and O–H groups in total. The van der Waals surface area contributed by atoms with Gasteiger partial charge in [-0.15, -0.1) is 0 Å². The van der Waals surface area contributed by atoms with Crippen LogP contribution in [0.4, 0.5) is 5.69 Å². The predicted molar refractivity (Wildman–Crippen MR) is 84.4 cm³/mol. The predicted octanol–water partition coefficient (Wildman–Crippen LogP) is 1.08. The summed E-state index contributed by atoms with van der Waals surface area (Å²) in [6, 6.07) is 6.38. The average molecular weight is 327 g/mol. The number of Topliss-reactive ketones (excluding diaryl/α,β-unsaturated/α-hetero) is 1. The van der Waals surface area contributed by atoms with Gasteiger partial charge in [0.25, 0.3) is 0 Å². The minimum Gasteiger partial charge on any atom is -0.393 e. The van der Waals surface area contributed by atoms with Crippen LogP contribution in [0.5, 0.6) is 0 Å². The molecule has 124 valence electrons. The van der Waals surface area contributed by atoms with E-state index in [1.54, 1.807) is 43.3 Å². The number of ketones is 1. The van der Waals surface area contributed by atoms with Gasteiger partial charge in [0.15, 0.2) is 5.78 Å². The van der Waals surface area contributed by atoms with E-state index in [1.807, 2.05) is 0 Å². The lowest BCUT2D eigenvalue weighted by Gasteiger charge is -2.27. The highest BCUT2D eigenvalue weighted by Gasteiger charge is 2.72. The molecule has 0 aliphatic carbocycles. The van der Waals surface area contributed by atoms with E-state index in [0.717, 1.165) is 4.90 Å². The molecule has 2 saturated heterocycles. The second kappa shape index (κ2) is 4.62. The Hall–Kier alpha value is -2.31. The summed E-state index contributed by atoms with van der Waals surface area (Å²) < 4.78 is 5.87. The Morgan fingerprint density at radius 2 is 1.79 bits per heavy atom. The summed E-state index contributed by atoms with van der Waals surface area (Å²) in [6.45, 7) is 2.87. The molecule has 3 heterocycles. The Morgan fingerprint density at radius 3 is 2.38 bits per heavy atom. The SMILES string of the molecule is CC(=O)c1ccc(N2C(=O)[C@@H]3[C@H](C2=O)[C@]2(CO)C=C[C@@]3(C)O2)cc1. The Balaban J connectivity index is 1.75. The highest BCUT2D eigenvalue weighted by molar-refractivity contribution is 6.23. The maximum Gasteiger partial charge on any atom is 0.241 e. The maximum atomic E-state index is 12.9. The molecule has 0 spiro atoms. The molecule has 4 rings (SSSR count). The highest BCUT2D eigenvalue weighted by Crippen LogP contribution is 2.57. The molecule has 6 nitrogen and oxygen atoms in total. The second-order valence-corrected chi connectivity index (χ2v) is 6.80. The molecule has 2 amide bonds. The number of aliphatic hydroxyl groups excluding tert-OH is 1. The molecule has 3 aliphatic heterocycles. The molecule has 1 aromatic rings. The molecular formula is C18H17NO5. The molecule has 0 saturated carbocycles. The van der Waals surface area contributed by atoms with Crippen LogP contribution in [0, 0.1) is 11.8 Å². The van der Waals surface area contributed by atoms with Gasteiger partial charge in [-0.05, 0) is 38.1 Å². The number of fused-ring (bicyclic) bond motifs is 5. The molecule has 24 heavy (non-hydrogen) atoms. The van der Waals surface area contributed by atoms with Gasteiger partial charge in [-0.25, -0.2) is 4.90 Å². The lowest BCUT2D eigenvalue weighted by molar-refractivity contribution is -0.131. The van der Waals surface area contributed by atoms with Gasteiger partial charge in [0.05, 0.1) is 29.7 Å². The summed E-state index contributed by atoms with van der Waals surface area (Å²) >= 11 is 0. The summed E-state index contributed by atoms with van der Waals surface area (Å²) in [5.41, 5.74) is -1.06. The number of hydrogen-bond donors (Lipinski definition) is 1. The normalized spacial score (nSPS) is 36.5. The standard InChI is InChI=1S/C18H17NO5/c1-10(21)11-3-5-12(6-4-11)19-15(22)13-14(16(19)23)18(9-20)8-7-17(13,2)24-18/h3-8,13-14,20H,9H2,1-2H3/t13-,14+,17+,18+/m0/s1. The number of hydrogen-bond acceptors (Lipinski definition) is 5. The largest absolute Gasteiger partial charge is 0.393 e. The molecule has 0 aromatic heterocycles. The van der Waals surface area contributed by atoms with E-state index in [1.165, 1.54) is 6.92 Å². The third-order valence-electron chi connectivity index (χ3n) is 5.34. The number of nitrogens with zero attached hydrogens (tertiary/aromatic N) is 1. The molecule has 2 fully saturated rings. The zero-order chi connectivity index (χ0) is 17.3. The van der Waals surface area contributed by atoms with Crippen molar-refractivity contribution in [3.63, 3.8) is 0 Å². The van der Waals surface area contributed by atoms with Gasteiger partial charge in [0.1, 0.15) is 5.60 Å². The lowest BCUT2D eigenvalue weighted by Crippen LogP contribution is -2.43. The minimum atomic E-state index is -1.12. The fourth-order valence-corrected chi connectivity index (χ4v) is 4.14. The molecule has 2 bridgehead atoms. The number of carbonyl (C=O) groups is 3. The van der Waals surface area contributed by atoms with Crippen molar-refractivity contribution in [2.45, 2.75) is 25.0 Å². The van der Waals surface area contributed by atoms with Crippen molar-refractivity contribution in [3.8, 4) is 0 Å². The van der Waals surface area contributed by atoms with Gasteiger partial charge in [-0.2, -0.15) is 0 Å². The van der Waals surface area contributed by atoms with Crippen LogP contribution in [0.3, 0.4) is 0 Å². The third kappa shape index (κ3) is 1.70. The fraction of sp³-hybridized carbons (Fsp3) is 0.389. The minimum absolute atomic E-state index is 0.0834. The van der Waals surface area contributed by atoms with Crippen LogP contribution in [0.15, 0.2) is 36.4 Å². The van der Waals surface area contributed by atoms with Crippen molar-refractivity contribution in [2.75, 3.05) is 11.5 Å². The van der Waals surface area contributed by atoms with E-state index in [9.17, 15) is 19.5 Å². The van der Waals surface area contributed by atoms with Crippen LogP contribution in [-0.4, -0.2) is 40.5 Å². The maximum absolute atomic E-state index is 12.9. The smallest absolute Gasteiger partial charge is 0.241 e. The van der Waals surface area contributed by atoms with E-state index in [4.69, 9.17) is 4.74 Å². The van der Waals surface area contributed by atoms with Crippen LogP contribution in [0.25, 0.3) is 0 Å². The van der Waals surface area contributed by atoms with Crippen LogP contribution >= 0.6 is 0 Å². The van der Waals surface area contributed by atoms with Gasteiger partial charge in [-0.1, -0.05) is 12.2 Å². The monoisotopic (exact) mass is 327 g/mol. The Labute approximate surface area is 138 Å². The molecule has 6 heteroatoms. The number of ether oxygens (including phenoxy) is 1. The molecular weight excluding hydrogens is 310 g/mol. The molecule has 4 atom stereocenters. The van der Waals surface area contributed by atoms with Gasteiger partial charge in [-0.3, -0.25) is 14.4 Å². The molecule has 3 aliphatic rings. The number of imide groups is 1. The first-order valence-electron chi connectivity index (χ1n) is 7.83. The van der Waals surface area contributed by atoms with Crippen molar-refractivity contribution in [3.05, 3.63) is 42.0 Å². The zero-order valence-corrected chi connectivity index (χ0v) is 13.4. The zero-order valence-electron chi connectivity index (χ0n) is 13.4. The van der Waals surface area contributed by atoms with E-state index >= 15 is 0 Å². The fourth-order valence-electron chi connectivity index (χ4n) is 4.14. The van der Waals surface area contributed by atoms with E-state index in [-0.39, 0.29) is 24.2 Å². The summed E-state index contributed by atoms with van der Waals surface area (Å²) in [5, 5.41) is 9.77. The molecule has 1 aromatic carbocycles. The topological polar surface area (TPSA) is 83.9 Å². The van der Waals surface area contributed by atoms with Crippen LogP contribution in [-0.2, 0) is 14.3 Å². The number of benzene rings is 1. The van der Waals surface area contributed by atoms with Crippen LogP contribution in [0.1, 0.15) is 24.2 Å². The van der Waals surface area contributed by atoms with Gasteiger partial charge in [0.2, 0.25) is 11.8 Å². The number of anilines is 1. The lowest BCUT2D eigenvalue weighted by atomic mass is 9.73. The first-order valence-corrected chi connectivity index (χ1v) is 7.83. The highest BCUT2D eigenvalue weighted by atomic mass is 16.5. The molecule has 0 unspecified atom stereocenters. The van der Waals surface area contributed by atoms with Crippen molar-refractivity contribution >= 4 is 23.3 Å². The van der Waals surface area contributed by atoms with Crippen molar-refractivity contribution in [1.82, 2.24) is 0 Å². The van der Waals surface area contributed by atoms with Gasteiger partial charge >= 0.3 is 0 Å². The Kier molecular flexibility index (Phi) is 2.93. The summed E-state index contributed by atoms with van der Waals surface area (Å²) in [5.74, 6) is -2.16. The first kappa shape index (κ1) is 15.2. The van der Waals surface area contributed by atoms with E-state index < -0.39 is 23.0 Å². The van der Waals surface area contributed by atoms with Gasteiger partial charge < -0.3 is 9.84 Å². The number of rotatable bonds is 3. The number of amides is 2. The average Bonchev–Trinajstić information content (AvgIpc) is 3.14. The molecule has 0 radical (unpaired) electrons. The number of carbonyl (C=O) groups excluding carboxylic acids is 3. The summed E-state index contributed by atoms with van der Waals surface area (Å²) in [4.78, 5) is 38.4. The quantitative estimate of drug-likeness (QED) is 0.510. The van der Waals surface area contributed by atoms with Crippen molar-refractivity contribution in [1.29, 1.82) is 0 Å². The first-order chi connectivity index (χ1) is 11.3. The van der Waals surface area contributed by atoms with Crippen LogP contribution < -0.4 is 4.90 Å². The summed E-state index contributed by atoms with van der Waals surface area (Å²) in [7, 11) is 0. The third-order valence-corrected chi connectivity index (χ3v) is 5.34. The number of aliphatic hydroxyl groups is 1. The van der Waals surface area contributed by atoms with Crippen molar-refractivity contribution in [2.24, 2.45) is 11.8 Å².